The average molecular weight is 302 g/mol. The number of rotatable bonds is 3. The third-order valence-electron chi connectivity index (χ3n) is 3.59. The lowest BCUT2D eigenvalue weighted by Gasteiger charge is -2.08. The van der Waals surface area contributed by atoms with Crippen LogP contribution in [0, 0.1) is 13.8 Å². The average Bonchev–Trinajstić information content (AvgIpc) is 2.55. The number of amides is 1. The van der Waals surface area contributed by atoms with Crippen molar-refractivity contribution in [3.8, 4) is 11.1 Å². The molecule has 0 atom stereocenters. The zero-order valence-corrected chi connectivity index (χ0v) is 13.2. The molecule has 3 aromatic rings. The molecule has 0 unspecified atom stereocenters. The van der Waals surface area contributed by atoms with Gasteiger partial charge in [0.15, 0.2) is 0 Å². The number of hydrogen-bond donors (Lipinski definition) is 1. The molecule has 1 heterocycles. The van der Waals surface area contributed by atoms with Crippen LogP contribution in [0.4, 0.5) is 5.69 Å². The second-order valence-electron chi connectivity index (χ2n) is 5.66. The van der Waals surface area contributed by atoms with Crippen LogP contribution in [0.3, 0.4) is 0 Å². The van der Waals surface area contributed by atoms with E-state index in [-0.39, 0.29) is 5.91 Å². The molecule has 3 rings (SSSR count). The van der Waals surface area contributed by atoms with E-state index in [0.29, 0.717) is 11.3 Å². The van der Waals surface area contributed by atoms with Gasteiger partial charge in [0.2, 0.25) is 0 Å². The van der Waals surface area contributed by atoms with Gasteiger partial charge in [0.25, 0.3) is 5.91 Å². The van der Waals surface area contributed by atoms with E-state index in [2.05, 4.69) is 42.3 Å². The molecule has 0 aliphatic rings. The van der Waals surface area contributed by atoms with Crippen molar-refractivity contribution in [2.45, 2.75) is 13.8 Å². The van der Waals surface area contributed by atoms with Crippen molar-refractivity contribution >= 4 is 11.6 Å². The predicted molar refractivity (Wildman–Crippen MR) is 93.5 cm³/mol. The third kappa shape index (κ3) is 3.64. The maximum Gasteiger partial charge on any atom is 0.255 e. The van der Waals surface area contributed by atoms with Crippen LogP contribution in [-0.4, -0.2) is 10.9 Å². The second kappa shape index (κ2) is 6.44. The first-order valence-electron chi connectivity index (χ1n) is 7.52. The van der Waals surface area contributed by atoms with Gasteiger partial charge in [-0.3, -0.25) is 9.78 Å². The number of carbonyl (C=O) groups excluding carboxylic acids is 1. The molecule has 3 heteroatoms. The summed E-state index contributed by atoms with van der Waals surface area (Å²) in [6, 6.07) is 17.5. The Bertz CT molecular complexity index is 821. The molecule has 0 spiro atoms. The van der Waals surface area contributed by atoms with Gasteiger partial charge in [-0.2, -0.15) is 0 Å². The normalized spacial score (nSPS) is 10.3. The molecule has 23 heavy (non-hydrogen) atoms. The molecule has 0 aliphatic carbocycles. The van der Waals surface area contributed by atoms with Crippen LogP contribution in [0.2, 0.25) is 0 Å². The lowest BCUT2D eigenvalue weighted by Crippen LogP contribution is -2.11. The highest BCUT2D eigenvalue weighted by Gasteiger charge is 2.07. The topological polar surface area (TPSA) is 42.0 Å². The third-order valence-corrected chi connectivity index (χ3v) is 3.59. The highest BCUT2D eigenvalue weighted by atomic mass is 16.1. The minimum atomic E-state index is -0.134. The van der Waals surface area contributed by atoms with E-state index < -0.39 is 0 Å². The summed E-state index contributed by atoms with van der Waals surface area (Å²) in [5.74, 6) is -0.134. The van der Waals surface area contributed by atoms with E-state index in [4.69, 9.17) is 0 Å². The van der Waals surface area contributed by atoms with Gasteiger partial charge in [-0.05, 0) is 37.6 Å². The van der Waals surface area contributed by atoms with Gasteiger partial charge >= 0.3 is 0 Å². The Morgan fingerprint density at radius 3 is 2.26 bits per heavy atom. The Balaban J connectivity index is 1.87. The Morgan fingerprint density at radius 2 is 1.57 bits per heavy atom. The summed E-state index contributed by atoms with van der Waals surface area (Å²) in [7, 11) is 0. The van der Waals surface area contributed by atoms with Crippen molar-refractivity contribution in [1.82, 2.24) is 4.98 Å². The van der Waals surface area contributed by atoms with Crippen LogP contribution in [0.1, 0.15) is 21.5 Å². The van der Waals surface area contributed by atoms with Crippen molar-refractivity contribution in [2.24, 2.45) is 0 Å². The lowest BCUT2D eigenvalue weighted by molar-refractivity contribution is 0.102. The largest absolute Gasteiger partial charge is 0.321 e. The molecule has 0 bridgehead atoms. The van der Waals surface area contributed by atoms with Crippen LogP contribution in [0.15, 0.2) is 67.0 Å². The fraction of sp³-hybridized carbons (Fsp3) is 0.100. The summed E-state index contributed by atoms with van der Waals surface area (Å²) >= 11 is 0. The molecule has 0 saturated heterocycles. The molecular weight excluding hydrogens is 284 g/mol. The molecule has 2 aromatic carbocycles. The number of anilines is 1. The van der Waals surface area contributed by atoms with E-state index in [1.807, 2.05) is 30.5 Å². The molecular formula is C20H18N2O. The van der Waals surface area contributed by atoms with Gasteiger partial charge in [-0.1, -0.05) is 47.5 Å². The summed E-state index contributed by atoms with van der Waals surface area (Å²) in [5.41, 5.74) is 5.82. The summed E-state index contributed by atoms with van der Waals surface area (Å²) in [4.78, 5) is 16.5. The highest BCUT2D eigenvalue weighted by molar-refractivity contribution is 6.04. The van der Waals surface area contributed by atoms with E-state index >= 15 is 0 Å². The highest BCUT2D eigenvalue weighted by Crippen LogP contribution is 2.24. The van der Waals surface area contributed by atoms with Crippen molar-refractivity contribution in [3.63, 3.8) is 0 Å². The van der Waals surface area contributed by atoms with Gasteiger partial charge in [0.1, 0.15) is 0 Å². The predicted octanol–water partition coefficient (Wildman–Crippen LogP) is 4.62. The number of nitrogens with zero attached hydrogens (tertiary/aromatic N) is 1. The van der Waals surface area contributed by atoms with Crippen molar-refractivity contribution < 1.29 is 4.79 Å². The fourth-order valence-electron chi connectivity index (χ4n) is 2.60. The fourth-order valence-corrected chi connectivity index (χ4v) is 2.60. The first kappa shape index (κ1) is 15.0. The number of nitrogens with one attached hydrogen (secondary N) is 1. The van der Waals surface area contributed by atoms with Crippen LogP contribution < -0.4 is 5.32 Å². The maximum atomic E-state index is 12.2. The van der Waals surface area contributed by atoms with E-state index in [1.165, 1.54) is 11.1 Å². The molecule has 1 N–H and O–H groups in total. The van der Waals surface area contributed by atoms with Crippen LogP contribution in [0.5, 0.6) is 0 Å². The first-order valence-corrected chi connectivity index (χ1v) is 7.52. The molecule has 1 amide bonds. The zero-order chi connectivity index (χ0) is 16.2. The van der Waals surface area contributed by atoms with E-state index in [9.17, 15) is 4.79 Å². The van der Waals surface area contributed by atoms with Crippen LogP contribution >= 0.6 is 0 Å². The summed E-state index contributed by atoms with van der Waals surface area (Å²) in [6.45, 7) is 4.15. The van der Waals surface area contributed by atoms with Crippen LogP contribution in [-0.2, 0) is 0 Å². The first-order chi connectivity index (χ1) is 11.1. The molecule has 0 saturated carbocycles. The Morgan fingerprint density at radius 1 is 0.870 bits per heavy atom. The number of hydrogen-bond acceptors (Lipinski definition) is 2. The standard InChI is InChI=1S/C20H18N2O/c1-14-8-15(2)10-17(9-14)18-11-19(13-21-12-18)22-20(23)16-6-4-3-5-7-16/h3-13H,1-2H3,(H,22,23). The molecule has 1 aromatic heterocycles. The van der Waals surface area contributed by atoms with E-state index in [1.54, 1.807) is 18.3 Å². The second-order valence-corrected chi connectivity index (χ2v) is 5.66. The van der Waals surface area contributed by atoms with Gasteiger partial charge in [-0.15, -0.1) is 0 Å². The summed E-state index contributed by atoms with van der Waals surface area (Å²) in [6.07, 6.45) is 3.47. The Labute approximate surface area is 136 Å². The minimum absolute atomic E-state index is 0.134. The number of aromatic nitrogens is 1. The smallest absolute Gasteiger partial charge is 0.255 e. The minimum Gasteiger partial charge on any atom is -0.321 e. The van der Waals surface area contributed by atoms with Crippen molar-refractivity contribution in [3.05, 3.63) is 83.7 Å². The van der Waals surface area contributed by atoms with Crippen molar-refractivity contribution in [2.75, 3.05) is 5.32 Å². The number of benzene rings is 2. The molecule has 3 nitrogen and oxygen atoms in total. The molecule has 114 valence electrons. The van der Waals surface area contributed by atoms with E-state index in [0.717, 1.165) is 11.1 Å². The van der Waals surface area contributed by atoms with Gasteiger partial charge < -0.3 is 5.32 Å². The number of pyridine rings is 1. The van der Waals surface area contributed by atoms with Gasteiger partial charge in [0, 0.05) is 17.3 Å². The number of carbonyl (C=O) groups is 1. The van der Waals surface area contributed by atoms with Crippen molar-refractivity contribution in [1.29, 1.82) is 0 Å². The lowest BCUT2D eigenvalue weighted by atomic mass is 10.0. The summed E-state index contributed by atoms with van der Waals surface area (Å²) in [5, 5.41) is 2.90. The maximum absolute atomic E-state index is 12.2. The SMILES string of the molecule is Cc1cc(C)cc(-c2cncc(NC(=O)c3ccccc3)c2)c1. The molecule has 0 radical (unpaired) electrons. The monoisotopic (exact) mass is 302 g/mol. The quantitative estimate of drug-likeness (QED) is 0.767. The van der Waals surface area contributed by atoms with Gasteiger partial charge in [-0.25, -0.2) is 0 Å². The Hall–Kier alpha value is -2.94. The van der Waals surface area contributed by atoms with Gasteiger partial charge in [0.05, 0.1) is 11.9 Å². The Kier molecular flexibility index (Phi) is 4.20. The van der Waals surface area contributed by atoms with Crippen LogP contribution in [0.25, 0.3) is 11.1 Å². The molecule has 0 fully saturated rings. The number of aryl methyl sites for hydroxylation is 2. The molecule has 0 aliphatic heterocycles. The summed E-state index contributed by atoms with van der Waals surface area (Å²) < 4.78 is 0. The zero-order valence-electron chi connectivity index (χ0n) is 13.2.